The van der Waals surface area contributed by atoms with Crippen LogP contribution in [0.4, 0.5) is 0 Å². The first-order valence-electron chi connectivity index (χ1n) is 28.5. The van der Waals surface area contributed by atoms with Gasteiger partial charge in [0, 0.05) is 7.11 Å². The fraction of sp³-hybridized carbons (Fsp3) is 0.944. The molecule has 11 N–H and O–H groups in total. The summed E-state index contributed by atoms with van der Waals surface area (Å²) >= 11 is 0. The quantitative estimate of drug-likeness (QED) is 0.0163. The fourth-order valence-electron chi connectivity index (χ4n) is 16.4. The van der Waals surface area contributed by atoms with Crippen molar-refractivity contribution in [3.8, 4) is 0 Å². The van der Waals surface area contributed by atoms with E-state index in [-0.39, 0.29) is 47.8 Å². The minimum absolute atomic E-state index is 0. The number of rotatable bonds is 17. The molecule has 0 aromatic carbocycles. The van der Waals surface area contributed by atoms with Crippen LogP contribution >= 0.6 is 0 Å². The number of fused-ring (bicyclic) bond motifs is 4. The second-order valence-electron chi connectivity index (χ2n) is 26.0. The van der Waals surface area contributed by atoms with Crippen LogP contribution in [-0.4, -0.2) is 242 Å². The smallest absolute Gasteiger partial charge is 0.726 e. The maximum atomic E-state index is 14.5. The minimum Gasteiger partial charge on any atom is -0.726 e. The van der Waals surface area contributed by atoms with Crippen molar-refractivity contribution in [1.29, 1.82) is 0 Å². The molecule has 26 nitrogen and oxygen atoms in total. The zero-order valence-electron chi connectivity index (χ0n) is 48.4. The molecule has 0 aromatic heterocycles. The van der Waals surface area contributed by atoms with Gasteiger partial charge in [-0.25, -0.2) is 8.42 Å². The second kappa shape index (κ2) is 24.6. The first kappa shape index (κ1) is 67.2. The van der Waals surface area contributed by atoms with Gasteiger partial charge in [-0.3, -0.25) is 8.98 Å². The summed E-state index contributed by atoms with van der Waals surface area (Å²) in [5.74, 6) is -0.449. The van der Waals surface area contributed by atoms with E-state index in [1.165, 1.54) is 14.0 Å². The van der Waals surface area contributed by atoms with E-state index in [1.807, 2.05) is 33.8 Å². The number of hydrogen-bond acceptors (Lipinski definition) is 26. The summed E-state index contributed by atoms with van der Waals surface area (Å²) in [7, 11) is -4.26. The molecule has 5 heterocycles. The van der Waals surface area contributed by atoms with Gasteiger partial charge in [0.25, 0.3) is 0 Å². The zero-order chi connectivity index (χ0) is 59.5. The second-order valence-corrected chi connectivity index (χ2v) is 27.0. The SMILES string of the molecule is CO[C@H]1[C@H](O)[C@@H](O[C@H]2[C@H](O)[C@@H](O[C@@H]3[C@@H](O)[C@H](O)[C@@H](O[C@H]4[C@H](O[C@H]5CC[C@]6(C)C7=C[C@@H](O)C89C(=O)O[C@@](C)(CCCC(C)C)[C@@]8(O)CC[C@@]9(C)C7CCC6C5(C)C)OC[C@@H](OS(=O)(=O)[O-])[C@@H]4O)O[C@H]3C)O[C@@H](CO)[C@@H]2O)O[C@@H](CO)[C@@H]1O.[Na+]. The average molecular weight is 1210 g/mol. The number of aliphatic hydroxyl groups excluding tert-OH is 10. The van der Waals surface area contributed by atoms with Crippen LogP contribution in [0.2, 0.25) is 0 Å². The number of hydrogen-bond donors (Lipinski definition) is 11. The molecule has 466 valence electrons. The van der Waals surface area contributed by atoms with E-state index >= 15 is 0 Å². The molecular weight excluding hydrogens is 1120 g/mol. The van der Waals surface area contributed by atoms with Crippen LogP contribution in [-0.2, 0) is 66.7 Å². The van der Waals surface area contributed by atoms with Gasteiger partial charge in [0.15, 0.2) is 25.2 Å². The Kier molecular flexibility index (Phi) is 20.1. The molecule has 5 aliphatic heterocycles. The maximum Gasteiger partial charge on any atom is 1.00 e. The summed E-state index contributed by atoms with van der Waals surface area (Å²) in [6.07, 6.45) is -27.6. The number of esters is 1. The molecule has 9 rings (SSSR count). The Bertz CT molecular complexity index is 2390. The summed E-state index contributed by atoms with van der Waals surface area (Å²) in [5.41, 5.74) is -5.47. The molecule has 0 bridgehead atoms. The van der Waals surface area contributed by atoms with Gasteiger partial charge in [0.05, 0.1) is 38.1 Å². The van der Waals surface area contributed by atoms with Crippen molar-refractivity contribution in [2.24, 2.45) is 39.4 Å². The molecule has 3 saturated carbocycles. The topological polar surface area (TPSA) is 398 Å². The molecule has 3 unspecified atom stereocenters. The van der Waals surface area contributed by atoms with Gasteiger partial charge in [-0.1, -0.05) is 59.6 Å². The van der Waals surface area contributed by atoms with Crippen molar-refractivity contribution in [3.63, 3.8) is 0 Å². The Balaban J connectivity index is 0.00000880. The molecule has 0 radical (unpaired) electrons. The summed E-state index contributed by atoms with van der Waals surface area (Å²) in [4.78, 5) is 14.5. The van der Waals surface area contributed by atoms with Crippen molar-refractivity contribution in [2.45, 2.75) is 253 Å². The first-order valence-corrected chi connectivity index (χ1v) is 29.8. The molecule has 82 heavy (non-hydrogen) atoms. The Labute approximate surface area is 500 Å². The number of allylic oxidation sites excluding steroid dienone is 1. The molecule has 4 aliphatic carbocycles. The van der Waals surface area contributed by atoms with Gasteiger partial charge in [-0.2, -0.15) is 0 Å². The molecule has 8 fully saturated rings. The van der Waals surface area contributed by atoms with Crippen LogP contribution in [0, 0.1) is 39.4 Å². The third-order valence-corrected chi connectivity index (χ3v) is 21.3. The van der Waals surface area contributed by atoms with Gasteiger partial charge in [-0.15, -0.1) is 0 Å². The van der Waals surface area contributed by atoms with Crippen LogP contribution in [0.25, 0.3) is 0 Å². The Hall–Kier alpha value is -0.720. The van der Waals surface area contributed by atoms with Gasteiger partial charge in [-0.05, 0) is 99.2 Å². The predicted molar refractivity (Wildman–Crippen MR) is 272 cm³/mol. The maximum absolute atomic E-state index is 14.5. The van der Waals surface area contributed by atoms with Gasteiger partial charge < -0.3 is 108 Å². The molecule has 5 saturated heterocycles. The molecule has 0 amide bonds. The monoisotopic (exact) mass is 1210 g/mol. The fourth-order valence-corrected chi connectivity index (χ4v) is 16.9. The zero-order valence-corrected chi connectivity index (χ0v) is 51.2. The van der Waals surface area contributed by atoms with Crippen LogP contribution < -0.4 is 29.6 Å². The van der Waals surface area contributed by atoms with Crippen molar-refractivity contribution >= 4 is 16.4 Å². The molecule has 28 heteroatoms. The normalized spacial score (nSPS) is 51.0. The van der Waals surface area contributed by atoms with E-state index in [2.05, 4.69) is 25.0 Å². The third-order valence-electron chi connectivity index (χ3n) is 20.8. The van der Waals surface area contributed by atoms with Crippen LogP contribution in [0.1, 0.15) is 113 Å². The Morgan fingerprint density at radius 2 is 1.30 bits per heavy atom. The summed E-state index contributed by atoms with van der Waals surface area (Å²) in [6, 6.07) is 0. The number of cyclic esters (lactones) is 1. The number of ether oxygens (including phenoxy) is 10. The molecule has 9 aliphatic rings. The number of carbonyl (C=O) groups excluding carboxylic acids is 1. The Morgan fingerprint density at radius 3 is 1.90 bits per heavy atom. The van der Waals surface area contributed by atoms with Crippen LogP contribution in [0.5, 0.6) is 0 Å². The molecular formula is C54H87NaO26S. The number of carbonyl (C=O) groups is 1. The van der Waals surface area contributed by atoms with Gasteiger partial charge in [0.2, 0.25) is 10.4 Å². The standard InChI is InChI=1S/C54H88O26S.Na/c1-23(2)11-10-15-52(8)53(66)18-17-51(7)25-12-13-30-49(4,5)32(14-16-50(30,6)26(25)19-31(57)54(51,53)48(65)79-52)75-47-43(35(60)29(22-71-47)80-81(67,68)69)78-44-37(62)36(61)40(24(3)72-44)76-46-39(64)42(34(59)28(21-56)74-46)77-45-38(63)41(70-9)33(58)27(20-55)73-45;/h19,23-25,27-47,55-64,66H,10-18,20-22H2,1-9H3,(H,67,68,69);/q;+1/p-1/t24-,25?,27-,28-,29+,30?,31+,32-,33-,34-,35-,36-,37-,38-,39-,40-,41+,42+,43+,44+,45+,46+,47-,50+,51-,52-,53-,54?;/m0./s1. The van der Waals surface area contributed by atoms with Crippen molar-refractivity contribution in [3.05, 3.63) is 11.6 Å². The van der Waals surface area contributed by atoms with E-state index in [4.69, 9.17) is 47.4 Å². The van der Waals surface area contributed by atoms with E-state index in [9.17, 15) is 73.9 Å². The van der Waals surface area contributed by atoms with E-state index in [0.29, 0.717) is 44.4 Å². The molecule has 0 aromatic rings. The minimum atomic E-state index is -5.44. The Morgan fingerprint density at radius 1 is 0.720 bits per heavy atom. The summed E-state index contributed by atoms with van der Waals surface area (Å²) in [6.45, 7) is 13.4. The van der Waals surface area contributed by atoms with Crippen molar-refractivity contribution in [2.75, 3.05) is 26.9 Å². The largest absolute Gasteiger partial charge is 1.00 e. The van der Waals surface area contributed by atoms with Gasteiger partial charge in [0.1, 0.15) is 102 Å². The number of methoxy groups -OCH3 is 1. The van der Waals surface area contributed by atoms with Crippen molar-refractivity contribution in [1.82, 2.24) is 0 Å². The van der Waals surface area contributed by atoms with Crippen molar-refractivity contribution < 1.29 is 155 Å². The van der Waals surface area contributed by atoms with Crippen LogP contribution in [0.15, 0.2) is 11.6 Å². The average Bonchev–Trinajstić information content (AvgIpc) is 1.59. The first-order chi connectivity index (χ1) is 37.8. The van der Waals surface area contributed by atoms with E-state index in [0.717, 1.165) is 18.4 Å². The van der Waals surface area contributed by atoms with Crippen LogP contribution in [0.3, 0.4) is 0 Å². The van der Waals surface area contributed by atoms with E-state index < -0.39 is 198 Å². The predicted octanol–water partition coefficient (Wildman–Crippen LogP) is -4.73. The number of aliphatic hydroxyl groups is 11. The molecule has 1 spiro atoms. The van der Waals surface area contributed by atoms with E-state index in [1.54, 1.807) is 0 Å². The van der Waals surface area contributed by atoms with Gasteiger partial charge >= 0.3 is 35.5 Å². The summed E-state index contributed by atoms with van der Waals surface area (Å²) < 4.78 is 99.7. The summed E-state index contributed by atoms with van der Waals surface area (Å²) in [5, 5.41) is 124. The third kappa shape index (κ3) is 11.0. The molecule has 28 atom stereocenters.